The SMILES string of the molecule is COc1ccccc1-c1cc(C(=O)Nc2ccccc2Oc2ccccc2)no1. The number of benzene rings is 3. The van der Waals surface area contributed by atoms with Crippen LogP contribution in [-0.2, 0) is 0 Å². The molecule has 4 rings (SSSR count). The third-order valence-corrected chi connectivity index (χ3v) is 4.22. The maximum absolute atomic E-state index is 12.7. The molecule has 0 aliphatic carbocycles. The van der Waals surface area contributed by atoms with Gasteiger partial charge in [0.2, 0.25) is 0 Å². The van der Waals surface area contributed by atoms with Gasteiger partial charge < -0.3 is 19.3 Å². The Morgan fingerprint density at radius 1 is 0.897 bits per heavy atom. The van der Waals surface area contributed by atoms with Crippen LogP contribution >= 0.6 is 0 Å². The zero-order valence-electron chi connectivity index (χ0n) is 15.7. The Hall–Kier alpha value is -4.06. The fraction of sp³-hybridized carbons (Fsp3) is 0.0435. The maximum atomic E-state index is 12.7. The van der Waals surface area contributed by atoms with Gasteiger partial charge in [-0.2, -0.15) is 0 Å². The first-order valence-electron chi connectivity index (χ1n) is 8.98. The number of rotatable bonds is 6. The van der Waals surface area contributed by atoms with Gasteiger partial charge in [-0.05, 0) is 36.4 Å². The van der Waals surface area contributed by atoms with E-state index in [4.69, 9.17) is 14.0 Å². The number of hydrogen-bond donors (Lipinski definition) is 1. The van der Waals surface area contributed by atoms with Crippen LogP contribution in [0.1, 0.15) is 10.5 Å². The molecule has 1 aromatic heterocycles. The molecule has 4 aromatic rings. The number of carbonyl (C=O) groups is 1. The summed E-state index contributed by atoms with van der Waals surface area (Å²) in [7, 11) is 1.58. The Kier molecular flexibility index (Phi) is 5.25. The number of ether oxygens (including phenoxy) is 2. The zero-order chi connectivity index (χ0) is 20.1. The molecule has 3 aromatic carbocycles. The van der Waals surface area contributed by atoms with Gasteiger partial charge in [0.05, 0.1) is 18.4 Å². The van der Waals surface area contributed by atoms with Crippen molar-refractivity contribution >= 4 is 11.6 Å². The van der Waals surface area contributed by atoms with Crippen LogP contribution in [0.2, 0.25) is 0 Å². The predicted octanol–water partition coefficient (Wildman–Crippen LogP) is 5.39. The molecule has 1 amide bonds. The summed E-state index contributed by atoms with van der Waals surface area (Å²) in [6.07, 6.45) is 0. The van der Waals surface area contributed by atoms with Gasteiger partial charge >= 0.3 is 0 Å². The fourth-order valence-corrected chi connectivity index (χ4v) is 2.82. The molecule has 6 heteroatoms. The van der Waals surface area contributed by atoms with Crippen molar-refractivity contribution < 1.29 is 18.8 Å². The maximum Gasteiger partial charge on any atom is 0.277 e. The monoisotopic (exact) mass is 386 g/mol. The molecule has 0 aliphatic rings. The number of methoxy groups -OCH3 is 1. The highest BCUT2D eigenvalue weighted by molar-refractivity contribution is 6.04. The summed E-state index contributed by atoms with van der Waals surface area (Å²) in [6, 6.07) is 25.5. The highest BCUT2D eigenvalue weighted by atomic mass is 16.5. The number of amides is 1. The molecule has 0 saturated heterocycles. The summed E-state index contributed by atoms with van der Waals surface area (Å²) in [6.45, 7) is 0. The molecule has 0 atom stereocenters. The topological polar surface area (TPSA) is 73.6 Å². The lowest BCUT2D eigenvalue weighted by Crippen LogP contribution is -2.12. The van der Waals surface area contributed by atoms with Gasteiger partial charge in [-0.15, -0.1) is 0 Å². The van der Waals surface area contributed by atoms with Gasteiger partial charge in [-0.3, -0.25) is 4.79 Å². The highest BCUT2D eigenvalue weighted by Gasteiger charge is 2.17. The molecule has 0 bridgehead atoms. The first kappa shape index (κ1) is 18.3. The van der Waals surface area contributed by atoms with Crippen LogP contribution in [0.15, 0.2) is 89.5 Å². The average molecular weight is 386 g/mol. The third kappa shape index (κ3) is 4.11. The van der Waals surface area contributed by atoms with Gasteiger partial charge in [0, 0.05) is 6.07 Å². The van der Waals surface area contributed by atoms with Gasteiger partial charge in [-0.1, -0.05) is 47.6 Å². The van der Waals surface area contributed by atoms with E-state index < -0.39 is 5.91 Å². The number of nitrogens with zero attached hydrogens (tertiary/aromatic N) is 1. The Balaban J connectivity index is 1.54. The van der Waals surface area contributed by atoms with Crippen molar-refractivity contribution in [3.63, 3.8) is 0 Å². The number of carbonyl (C=O) groups excluding carboxylic acids is 1. The van der Waals surface area contributed by atoms with Crippen molar-refractivity contribution in [1.82, 2.24) is 5.16 Å². The number of aromatic nitrogens is 1. The van der Waals surface area contributed by atoms with Crippen LogP contribution in [0.25, 0.3) is 11.3 Å². The molecule has 0 unspecified atom stereocenters. The van der Waals surface area contributed by atoms with Crippen LogP contribution in [0, 0.1) is 0 Å². The Bertz CT molecular complexity index is 1120. The smallest absolute Gasteiger partial charge is 0.277 e. The van der Waals surface area contributed by atoms with Gasteiger partial charge in [0.15, 0.2) is 17.2 Å². The summed E-state index contributed by atoms with van der Waals surface area (Å²) < 4.78 is 16.6. The summed E-state index contributed by atoms with van der Waals surface area (Å²) >= 11 is 0. The summed E-state index contributed by atoms with van der Waals surface area (Å²) in [5.41, 5.74) is 1.40. The zero-order valence-corrected chi connectivity index (χ0v) is 15.7. The summed E-state index contributed by atoms with van der Waals surface area (Å²) in [5.74, 6) is 1.88. The lowest BCUT2D eigenvalue weighted by molar-refractivity contribution is 0.101. The van der Waals surface area contributed by atoms with E-state index in [1.807, 2.05) is 66.7 Å². The van der Waals surface area contributed by atoms with Crippen molar-refractivity contribution in [2.45, 2.75) is 0 Å². The van der Waals surface area contributed by atoms with Crippen LogP contribution in [-0.4, -0.2) is 18.2 Å². The van der Waals surface area contributed by atoms with E-state index in [-0.39, 0.29) is 5.69 Å². The van der Waals surface area contributed by atoms with Crippen LogP contribution in [0.3, 0.4) is 0 Å². The van der Waals surface area contributed by atoms with E-state index in [2.05, 4.69) is 10.5 Å². The number of anilines is 1. The van der Waals surface area contributed by atoms with Crippen LogP contribution in [0.4, 0.5) is 5.69 Å². The van der Waals surface area contributed by atoms with Crippen molar-refractivity contribution in [1.29, 1.82) is 0 Å². The number of hydrogen-bond acceptors (Lipinski definition) is 5. The van der Waals surface area contributed by atoms with E-state index in [1.54, 1.807) is 25.3 Å². The van der Waals surface area contributed by atoms with E-state index in [0.29, 0.717) is 28.7 Å². The standard InChI is InChI=1S/C23H18N2O4/c1-27-20-13-7-5-11-17(20)22-15-19(25-29-22)23(26)24-18-12-6-8-14-21(18)28-16-9-3-2-4-10-16/h2-15H,1H3,(H,24,26). The van der Waals surface area contributed by atoms with E-state index in [9.17, 15) is 4.79 Å². The normalized spacial score (nSPS) is 10.4. The molecular weight excluding hydrogens is 368 g/mol. The largest absolute Gasteiger partial charge is 0.496 e. The average Bonchev–Trinajstić information content (AvgIpc) is 3.26. The van der Waals surface area contributed by atoms with Crippen molar-refractivity contribution in [3.8, 4) is 28.6 Å². The van der Waals surface area contributed by atoms with Crippen molar-refractivity contribution in [2.24, 2.45) is 0 Å². The Morgan fingerprint density at radius 3 is 2.38 bits per heavy atom. The minimum atomic E-state index is -0.404. The van der Waals surface area contributed by atoms with Crippen LogP contribution < -0.4 is 14.8 Å². The second kappa shape index (κ2) is 8.31. The van der Waals surface area contributed by atoms with Crippen LogP contribution in [0.5, 0.6) is 17.2 Å². The molecule has 6 nitrogen and oxygen atoms in total. The number of nitrogens with one attached hydrogen (secondary N) is 1. The quantitative estimate of drug-likeness (QED) is 0.481. The Labute approximate surface area is 167 Å². The van der Waals surface area contributed by atoms with E-state index >= 15 is 0 Å². The number of para-hydroxylation sites is 4. The lowest BCUT2D eigenvalue weighted by atomic mass is 10.1. The van der Waals surface area contributed by atoms with Gasteiger partial charge in [-0.25, -0.2) is 0 Å². The summed E-state index contributed by atoms with van der Waals surface area (Å²) in [4.78, 5) is 12.7. The molecule has 29 heavy (non-hydrogen) atoms. The summed E-state index contributed by atoms with van der Waals surface area (Å²) in [5, 5.41) is 6.72. The molecule has 0 saturated carbocycles. The molecular formula is C23H18N2O4. The first-order chi connectivity index (χ1) is 14.2. The molecule has 0 aliphatic heterocycles. The van der Waals surface area contributed by atoms with Crippen molar-refractivity contribution in [2.75, 3.05) is 12.4 Å². The minimum absolute atomic E-state index is 0.153. The minimum Gasteiger partial charge on any atom is -0.496 e. The third-order valence-electron chi connectivity index (χ3n) is 4.22. The second-order valence-corrected chi connectivity index (χ2v) is 6.14. The van der Waals surface area contributed by atoms with Crippen molar-refractivity contribution in [3.05, 3.63) is 90.6 Å². The van der Waals surface area contributed by atoms with Gasteiger partial charge in [0.1, 0.15) is 11.5 Å². The predicted molar refractivity (Wildman–Crippen MR) is 109 cm³/mol. The lowest BCUT2D eigenvalue weighted by Gasteiger charge is -2.11. The van der Waals surface area contributed by atoms with E-state index in [0.717, 1.165) is 5.56 Å². The fourth-order valence-electron chi connectivity index (χ4n) is 2.82. The molecule has 0 radical (unpaired) electrons. The Morgan fingerprint density at radius 2 is 1.59 bits per heavy atom. The van der Waals surface area contributed by atoms with E-state index in [1.165, 1.54) is 0 Å². The first-order valence-corrected chi connectivity index (χ1v) is 8.98. The molecule has 144 valence electrons. The molecule has 0 spiro atoms. The second-order valence-electron chi connectivity index (χ2n) is 6.14. The molecule has 1 N–H and O–H groups in total. The van der Waals surface area contributed by atoms with Gasteiger partial charge in [0.25, 0.3) is 5.91 Å². The highest BCUT2D eigenvalue weighted by Crippen LogP contribution is 2.31. The molecule has 0 fully saturated rings. The molecule has 1 heterocycles.